The van der Waals surface area contributed by atoms with E-state index in [2.05, 4.69) is 67.9 Å². The summed E-state index contributed by atoms with van der Waals surface area (Å²) in [6, 6.07) is 0. The highest BCUT2D eigenvalue weighted by molar-refractivity contribution is 7.10. The Labute approximate surface area is 158 Å². The number of allylic oxidation sites excluding steroid dienone is 6. The highest BCUT2D eigenvalue weighted by atomic mass is 35.5. The van der Waals surface area contributed by atoms with Crippen molar-refractivity contribution < 1.29 is 0 Å². The van der Waals surface area contributed by atoms with Gasteiger partial charge >= 0.3 is 0 Å². The van der Waals surface area contributed by atoms with E-state index in [1.807, 2.05) is 6.92 Å². The molecule has 2 aliphatic carbocycles. The molecular weight excluding hydrogens is 344 g/mol. The molecule has 0 fully saturated rings. The van der Waals surface area contributed by atoms with Gasteiger partial charge in [0.05, 0.1) is 9.91 Å². The van der Waals surface area contributed by atoms with E-state index in [0.717, 1.165) is 34.7 Å². The van der Waals surface area contributed by atoms with E-state index in [0.29, 0.717) is 0 Å². The lowest BCUT2D eigenvalue weighted by Gasteiger charge is -2.07. The molecule has 1 heterocycles. The Morgan fingerprint density at radius 1 is 1.32 bits per heavy atom. The van der Waals surface area contributed by atoms with Crippen molar-refractivity contribution in [3.05, 3.63) is 66.4 Å². The smallest absolute Gasteiger partial charge is 0.0853 e. The molecule has 0 N–H and O–H groups in total. The summed E-state index contributed by atoms with van der Waals surface area (Å²) in [4.78, 5) is 1.16. The molecule has 2 heteroatoms. The van der Waals surface area contributed by atoms with Crippen molar-refractivity contribution in [3.63, 3.8) is 0 Å². The predicted molar refractivity (Wildman–Crippen MR) is 112 cm³/mol. The van der Waals surface area contributed by atoms with Crippen LogP contribution in [-0.2, 0) is 0 Å². The first-order chi connectivity index (χ1) is 12.2. The predicted octanol–water partition coefficient (Wildman–Crippen LogP) is 5.43. The normalized spacial score (nSPS) is 17.1. The van der Waals surface area contributed by atoms with Gasteiger partial charge in [-0.05, 0) is 44.4 Å². The monoisotopic (exact) mass is 364 g/mol. The van der Waals surface area contributed by atoms with Crippen LogP contribution in [0.4, 0.5) is 0 Å². The molecule has 0 bridgehead atoms. The maximum atomic E-state index is 6.41. The fraction of sp³-hybridized carbons (Fsp3) is 0.261. The Balaban J connectivity index is 2.52. The van der Waals surface area contributed by atoms with E-state index in [9.17, 15) is 0 Å². The van der Waals surface area contributed by atoms with E-state index in [4.69, 9.17) is 11.6 Å². The van der Waals surface area contributed by atoms with Crippen molar-refractivity contribution in [2.24, 2.45) is 0 Å². The third-order valence-electron chi connectivity index (χ3n) is 4.27. The van der Waals surface area contributed by atoms with Crippen LogP contribution in [0, 0.1) is 11.8 Å². The highest BCUT2D eigenvalue weighted by Crippen LogP contribution is 2.24. The average molecular weight is 365 g/mol. The van der Waals surface area contributed by atoms with Gasteiger partial charge in [-0.1, -0.05) is 59.9 Å². The van der Waals surface area contributed by atoms with Gasteiger partial charge in [0, 0.05) is 27.7 Å². The van der Waals surface area contributed by atoms with Crippen LogP contribution < -0.4 is 9.75 Å². The Morgan fingerprint density at radius 3 is 2.92 bits per heavy atom. The van der Waals surface area contributed by atoms with Gasteiger partial charge in [0.25, 0.3) is 0 Å². The number of hydrogen-bond donors (Lipinski definition) is 0. The van der Waals surface area contributed by atoms with Gasteiger partial charge < -0.3 is 0 Å². The zero-order valence-corrected chi connectivity index (χ0v) is 16.4. The highest BCUT2D eigenvalue weighted by Gasteiger charge is 2.14. The molecule has 0 atom stereocenters. The molecule has 0 aromatic carbocycles. The van der Waals surface area contributed by atoms with Crippen LogP contribution in [0.1, 0.15) is 50.5 Å². The van der Waals surface area contributed by atoms with E-state index >= 15 is 0 Å². The molecule has 0 spiro atoms. The second kappa shape index (κ2) is 7.94. The minimum absolute atomic E-state index is 0.791. The minimum atomic E-state index is 0.791. The largest absolute Gasteiger partial charge is 0.125 e. The SMILES string of the molecule is CC=CC(=CC)C1=c2sc3c(c2=CCCC(Cl)=C=C1C)C=CCC#C3. The molecule has 0 radical (unpaired) electrons. The number of hydrogen-bond acceptors (Lipinski definition) is 1. The topological polar surface area (TPSA) is 0 Å². The molecule has 1 aromatic rings. The summed E-state index contributed by atoms with van der Waals surface area (Å²) in [5, 5.41) is 2.08. The molecule has 3 rings (SSSR count). The summed E-state index contributed by atoms with van der Waals surface area (Å²) in [5.41, 5.74) is 8.14. The van der Waals surface area contributed by atoms with Crippen molar-refractivity contribution in [2.75, 3.05) is 0 Å². The van der Waals surface area contributed by atoms with Crippen LogP contribution in [0.3, 0.4) is 0 Å². The van der Waals surface area contributed by atoms with E-state index < -0.39 is 0 Å². The van der Waals surface area contributed by atoms with Gasteiger partial charge in [-0.15, -0.1) is 17.1 Å². The maximum Gasteiger partial charge on any atom is 0.0853 e. The van der Waals surface area contributed by atoms with Gasteiger partial charge in [0.1, 0.15) is 0 Å². The summed E-state index contributed by atoms with van der Waals surface area (Å²) in [6.45, 7) is 6.23. The first-order valence-corrected chi connectivity index (χ1v) is 9.79. The minimum Gasteiger partial charge on any atom is -0.125 e. The second-order valence-corrected chi connectivity index (χ2v) is 7.49. The molecular formula is C23H21ClS. The Morgan fingerprint density at radius 2 is 2.16 bits per heavy atom. The van der Waals surface area contributed by atoms with Gasteiger partial charge in [-0.3, -0.25) is 0 Å². The third-order valence-corrected chi connectivity index (χ3v) is 5.71. The van der Waals surface area contributed by atoms with Crippen LogP contribution in [0.15, 0.2) is 46.2 Å². The maximum absolute atomic E-state index is 6.41. The summed E-state index contributed by atoms with van der Waals surface area (Å²) in [5.74, 6) is 6.58. The average Bonchev–Trinajstić information content (AvgIpc) is 2.77. The Hall–Kier alpha value is -1.97. The van der Waals surface area contributed by atoms with Crippen molar-refractivity contribution in [1.29, 1.82) is 0 Å². The molecule has 0 saturated carbocycles. The van der Waals surface area contributed by atoms with Crippen LogP contribution in [0.2, 0.25) is 0 Å². The first kappa shape index (κ1) is 17.8. The number of fused-ring (bicyclic) bond motifs is 3. The zero-order valence-electron chi connectivity index (χ0n) is 14.9. The van der Waals surface area contributed by atoms with Gasteiger partial charge in [0.15, 0.2) is 0 Å². The molecule has 1 aromatic heterocycles. The lowest BCUT2D eigenvalue weighted by molar-refractivity contribution is 1.08. The number of rotatable bonds is 2. The van der Waals surface area contributed by atoms with Crippen LogP contribution >= 0.6 is 22.9 Å². The van der Waals surface area contributed by atoms with Gasteiger partial charge in [-0.2, -0.15) is 0 Å². The van der Waals surface area contributed by atoms with E-state index in [-0.39, 0.29) is 0 Å². The summed E-state index contributed by atoms with van der Waals surface area (Å²) < 4.78 is 1.27. The standard InChI is InChI=1S/C23H21ClS/c1-4-10-17(5-2)22-16(3)15-18(24)11-9-13-20-19-12-7-6-8-14-21(19)25-23(20)22/h4-5,7,10,12-13H,6,9,11H2,1-3H3. The number of halogens is 1. The van der Waals surface area contributed by atoms with Gasteiger partial charge in [0.2, 0.25) is 0 Å². The molecule has 0 unspecified atom stereocenters. The zero-order chi connectivity index (χ0) is 17.8. The van der Waals surface area contributed by atoms with Crippen molar-refractivity contribution in [1.82, 2.24) is 0 Å². The first-order valence-electron chi connectivity index (χ1n) is 8.60. The number of thiophene rings is 1. The van der Waals surface area contributed by atoms with Crippen LogP contribution in [0.5, 0.6) is 0 Å². The van der Waals surface area contributed by atoms with Crippen molar-refractivity contribution in [3.8, 4) is 11.8 Å². The fourth-order valence-corrected chi connectivity index (χ4v) is 4.71. The van der Waals surface area contributed by atoms with Gasteiger partial charge in [-0.25, -0.2) is 0 Å². The molecule has 2 aliphatic rings. The molecule has 0 amide bonds. The quantitative estimate of drug-likeness (QED) is 0.373. The molecule has 0 aliphatic heterocycles. The lowest BCUT2D eigenvalue weighted by atomic mass is 9.98. The molecule has 25 heavy (non-hydrogen) atoms. The Bertz CT molecular complexity index is 1040. The van der Waals surface area contributed by atoms with Crippen LogP contribution in [-0.4, -0.2) is 0 Å². The van der Waals surface area contributed by atoms with Crippen molar-refractivity contribution in [2.45, 2.75) is 40.0 Å². The Kier molecular flexibility index (Phi) is 5.67. The lowest BCUT2D eigenvalue weighted by Crippen LogP contribution is -2.24. The molecule has 0 nitrogen and oxygen atoms in total. The molecule has 126 valence electrons. The van der Waals surface area contributed by atoms with Crippen molar-refractivity contribution >= 4 is 40.7 Å². The van der Waals surface area contributed by atoms with Crippen LogP contribution in [0.25, 0.3) is 17.7 Å². The summed E-state index contributed by atoms with van der Waals surface area (Å²) >= 11 is 8.20. The second-order valence-electron chi connectivity index (χ2n) is 6.01. The fourth-order valence-electron chi connectivity index (χ4n) is 3.16. The molecule has 0 saturated heterocycles. The van der Waals surface area contributed by atoms with E-state index in [1.165, 1.54) is 26.5 Å². The summed E-state index contributed by atoms with van der Waals surface area (Å²) in [7, 11) is 0. The summed E-state index contributed by atoms with van der Waals surface area (Å²) in [6.07, 6.45) is 15.6. The van der Waals surface area contributed by atoms with E-state index in [1.54, 1.807) is 11.3 Å². The third kappa shape index (κ3) is 3.68.